The molecule has 2 saturated heterocycles. The summed E-state index contributed by atoms with van der Waals surface area (Å²) in [5.74, 6) is 0.972. The van der Waals surface area contributed by atoms with Gasteiger partial charge in [0.05, 0.1) is 5.52 Å². The Balaban J connectivity index is 1.34. The zero-order valence-corrected chi connectivity index (χ0v) is 16.9. The molecule has 5 rings (SSSR count). The van der Waals surface area contributed by atoms with Crippen molar-refractivity contribution < 1.29 is 4.79 Å². The third-order valence-electron chi connectivity index (χ3n) is 6.38. The number of anilines is 1. The van der Waals surface area contributed by atoms with Crippen LogP contribution in [0.1, 0.15) is 31.2 Å². The second-order valence-corrected chi connectivity index (χ2v) is 8.26. The van der Waals surface area contributed by atoms with E-state index in [-0.39, 0.29) is 11.9 Å². The molecule has 4 heterocycles. The lowest BCUT2D eigenvalue weighted by atomic mass is 9.84. The molecule has 2 aliphatic heterocycles. The van der Waals surface area contributed by atoms with Gasteiger partial charge in [-0.2, -0.15) is 0 Å². The zero-order chi connectivity index (χ0) is 20.4. The molecule has 7 nitrogen and oxygen atoms in total. The van der Waals surface area contributed by atoms with Gasteiger partial charge in [-0.25, -0.2) is 9.97 Å². The predicted molar refractivity (Wildman–Crippen MR) is 116 cm³/mol. The maximum atomic E-state index is 13.4. The molecule has 2 fully saturated rings. The summed E-state index contributed by atoms with van der Waals surface area (Å²) in [6.45, 7) is 2.32. The van der Waals surface area contributed by atoms with Crippen LogP contribution in [-0.4, -0.2) is 50.4 Å². The summed E-state index contributed by atoms with van der Waals surface area (Å²) in [6, 6.07) is 12.1. The fourth-order valence-electron chi connectivity index (χ4n) is 4.94. The zero-order valence-electron chi connectivity index (χ0n) is 16.9. The summed E-state index contributed by atoms with van der Waals surface area (Å²) in [7, 11) is 0. The lowest BCUT2D eigenvalue weighted by Crippen LogP contribution is -2.57. The first kappa shape index (κ1) is 18.9. The Hall–Kier alpha value is -3.06. The van der Waals surface area contributed by atoms with E-state index in [0.717, 1.165) is 61.1 Å². The van der Waals surface area contributed by atoms with E-state index in [1.807, 2.05) is 36.4 Å². The summed E-state index contributed by atoms with van der Waals surface area (Å²) >= 11 is 0. The molecule has 30 heavy (non-hydrogen) atoms. The number of fused-ring (bicyclic) bond motifs is 2. The van der Waals surface area contributed by atoms with Gasteiger partial charge in [0, 0.05) is 36.9 Å². The number of hydrogen-bond donors (Lipinski definition) is 2. The van der Waals surface area contributed by atoms with Crippen LogP contribution in [0, 0.1) is 0 Å². The molecule has 0 unspecified atom stereocenters. The number of pyridine rings is 1. The topological polar surface area (TPSA) is 83.0 Å². The van der Waals surface area contributed by atoms with Gasteiger partial charge in [0.25, 0.3) is 0 Å². The van der Waals surface area contributed by atoms with Crippen molar-refractivity contribution in [2.24, 2.45) is 0 Å². The number of aromatic nitrogens is 3. The molecule has 0 aliphatic carbocycles. The number of nitrogens with one attached hydrogen (secondary N) is 2. The Bertz CT molecular complexity index is 1040. The maximum Gasteiger partial charge on any atom is 0.240 e. The van der Waals surface area contributed by atoms with Gasteiger partial charge in [0.1, 0.15) is 17.7 Å². The molecule has 2 aliphatic rings. The Kier molecular flexibility index (Phi) is 5.04. The van der Waals surface area contributed by atoms with Crippen LogP contribution in [0.2, 0.25) is 0 Å². The van der Waals surface area contributed by atoms with Gasteiger partial charge in [-0.15, -0.1) is 0 Å². The van der Waals surface area contributed by atoms with Crippen LogP contribution in [0.5, 0.6) is 0 Å². The number of rotatable bonds is 5. The van der Waals surface area contributed by atoms with Gasteiger partial charge in [0.15, 0.2) is 0 Å². The number of carbonyl (C=O) groups excluding carboxylic acids is 1. The molecule has 0 radical (unpaired) electrons. The molecule has 1 amide bonds. The van der Waals surface area contributed by atoms with E-state index in [1.165, 1.54) is 0 Å². The third-order valence-corrected chi connectivity index (χ3v) is 6.38. The Morgan fingerprint density at radius 2 is 2.10 bits per heavy atom. The Morgan fingerprint density at radius 3 is 3.00 bits per heavy atom. The van der Waals surface area contributed by atoms with E-state index in [2.05, 4.69) is 30.5 Å². The van der Waals surface area contributed by atoms with Crippen LogP contribution in [0.25, 0.3) is 10.9 Å². The second kappa shape index (κ2) is 7.99. The Morgan fingerprint density at radius 1 is 1.17 bits per heavy atom. The number of hydrogen-bond acceptors (Lipinski definition) is 6. The summed E-state index contributed by atoms with van der Waals surface area (Å²) in [5, 5.41) is 7.80. The first-order chi connectivity index (χ1) is 14.7. The molecule has 0 saturated carbocycles. The highest BCUT2D eigenvalue weighted by molar-refractivity contribution is 5.89. The van der Waals surface area contributed by atoms with Crippen molar-refractivity contribution >= 4 is 22.6 Å². The largest absolute Gasteiger partial charge is 0.365 e. The first-order valence-electron chi connectivity index (χ1n) is 10.6. The summed E-state index contributed by atoms with van der Waals surface area (Å²) in [5.41, 5.74) is 1.50. The van der Waals surface area contributed by atoms with Crippen molar-refractivity contribution in [3.8, 4) is 0 Å². The molecule has 0 bridgehead atoms. The van der Waals surface area contributed by atoms with Gasteiger partial charge >= 0.3 is 0 Å². The molecule has 154 valence electrons. The average molecular weight is 403 g/mol. The fraction of sp³-hybridized carbons (Fsp3) is 0.391. The minimum absolute atomic E-state index is 0.128. The minimum atomic E-state index is -0.443. The van der Waals surface area contributed by atoms with Crippen molar-refractivity contribution in [1.82, 2.24) is 25.2 Å². The monoisotopic (exact) mass is 402 g/mol. The van der Waals surface area contributed by atoms with Crippen molar-refractivity contribution in [2.75, 3.05) is 18.4 Å². The van der Waals surface area contributed by atoms with E-state index in [9.17, 15) is 4.79 Å². The summed E-state index contributed by atoms with van der Waals surface area (Å²) in [6.07, 6.45) is 9.05. The molecule has 0 spiro atoms. The SMILES string of the molecule is O=C(NCc1cccnc1)[C@@]12CCCCN1C[C@@H](Nc1ncnc3ccccc13)C2. The average Bonchev–Trinajstić information content (AvgIpc) is 3.18. The molecule has 3 aromatic rings. The number of carbonyl (C=O) groups is 1. The predicted octanol–water partition coefficient (Wildman–Crippen LogP) is 2.75. The maximum absolute atomic E-state index is 13.4. The van der Waals surface area contributed by atoms with Crippen molar-refractivity contribution in [3.63, 3.8) is 0 Å². The summed E-state index contributed by atoms with van der Waals surface area (Å²) < 4.78 is 0. The number of piperidine rings is 1. The van der Waals surface area contributed by atoms with Gasteiger partial charge in [-0.1, -0.05) is 18.2 Å². The molecular weight excluding hydrogens is 376 g/mol. The number of benzene rings is 1. The van der Waals surface area contributed by atoms with Gasteiger partial charge in [-0.3, -0.25) is 14.7 Å². The van der Waals surface area contributed by atoms with E-state index < -0.39 is 5.54 Å². The standard InChI is InChI=1S/C23H26N6O/c30-22(25-14-17-6-5-10-24-13-17)23-9-3-4-11-29(23)15-18(12-23)28-21-19-7-1-2-8-20(19)26-16-27-21/h1-2,5-8,10,13,16,18H,3-4,9,11-12,14-15H2,(H,25,30)(H,26,27,28)/t18-,23-/m0/s1. The van der Waals surface area contributed by atoms with Crippen molar-refractivity contribution in [2.45, 2.75) is 43.8 Å². The fourth-order valence-corrected chi connectivity index (χ4v) is 4.94. The van der Waals surface area contributed by atoms with Crippen LogP contribution in [0.15, 0.2) is 55.1 Å². The van der Waals surface area contributed by atoms with Crippen LogP contribution < -0.4 is 10.6 Å². The van der Waals surface area contributed by atoms with Crippen LogP contribution in [0.3, 0.4) is 0 Å². The molecule has 2 atom stereocenters. The number of nitrogens with zero attached hydrogens (tertiary/aromatic N) is 4. The minimum Gasteiger partial charge on any atom is -0.365 e. The highest BCUT2D eigenvalue weighted by Gasteiger charge is 2.51. The Labute approximate surface area is 175 Å². The summed E-state index contributed by atoms with van der Waals surface area (Å²) in [4.78, 5) is 28.7. The van der Waals surface area contributed by atoms with E-state index in [1.54, 1.807) is 18.7 Å². The smallest absolute Gasteiger partial charge is 0.240 e. The van der Waals surface area contributed by atoms with Crippen LogP contribution in [-0.2, 0) is 11.3 Å². The highest BCUT2D eigenvalue weighted by atomic mass is 16.2. The van der Waals surface area contributed by atoms with Crippen molar-refractivity contribution in [3.05, 3.63) is 60.7 Å². The third kappa shape index (κ3) is 3.50. The second-order valence-electron chi connectivity index (χ2n) is 8.26. The molecule has 1 aromatic carbocycles. The quantitative estimate of drug-likeness (QED) is 0.683. The molecule has 7 heteroatoms. The van der Waals surface area contributed by atoms with E-state index in [4.69, 9.17) is 0 Å². The normalized spacial score (nSPS) is 23.8. The number of amides is 1. The van der Waals surface area contributed by atoms with Crippen molar-refractivity contribution in [1.29, 1.82) is 0 Å². The molecular formula is C23H26N6O. The van der Waals surface area contributed by atoms with Gasteiger partial charge in [-0.05, 0) is 56.0 Å². The number of para-hydroxylation sites is 1. The van der Waals surface area contributed by atoms with Crippen LogP contribution in [0.4, 0.5) is 5.82 Å². The first-order valence-corrected chi connectivity index (χ1v) is 10.6. The highest BCUT2D eigenvalue weighted by Crippen LogP contribution is 2.39. The van der Waals surface area contributed by atoms with E-state index >= 15 is 0 Å². The van der Waals surface area contributed by atoms with Gasteiger partial charge in [0.2, 0.25) is 5.91 Å². The molecule has 2 N–H and O–H groups in total. The van der Waals surface area contributed by atoms with Gasteiger partial charge < -0.3 is 10.6 Å². The van der Waals surface area contributed by atoms with Crippen LogP contribution >= 0.6 is 0 Å². The lowest BCUT2D eigenvalue weighted by molar-refractivity contribution is -0.134. The lowest BCUT2D eigenvalue weighted by Gasteiger charge is -2.40. The molecule has 2 aromatic heterocycles. The van der Waals surface area contributed by atoms with E-state index in [0.29, 0.717) is 6.54 Å².